The van der Waals surface area contributed by atoms with Gasteiger partial charge in [-0.1, -0.05) is 11.6 Å². The van der Waals surface area contributed by atoms with E-state index >= 15 is 0 Å². The molecule has 2 rings (SSSR count). The third-order valence-corrected chi connectivity index (χ3v) is 1.88. The maximum Gasteiger partial charge on any atom is 0.135 e. The van der Waals surface area contributed by atoms with Crippen molar-refractivity contribution in [1.29, 1.82) is 0 Å². The Morgan fingerprint density at radius 3 is 2.69 bits per heavy atom. The first-order valence-electron chi connectivity index (χ1n) is 3.58. The Bertz CT molecular complexity index is 470. The molecule has 0 spiro atoms. The number of hydrogen-bond acceptors (Lipinski definition) is 1. The van der Waals surface area contributed by atoms with Crippen molar-refractivity contribution in [2.45, 2.75) is 0 Å². The quantitative estimate of drug-likeness (QED) is 0.594. The van der Waals surface area contributed by atoms with Crippen LogP contribution in [0.5, 0.6) is 0 Å². The van der Waals surface area contributed by atoms with E-state index in [4.69, 9.17) is 11.6 Å². The molecular weight excluding hydrogens is 196 g/mol. The third-order valence-electron chi connectivity index (χ3n) is 1.69. The highest BCUT2D eigenvalue weighted by molar-refractivity contribution is 6.29. The monoisotopic (exact) mass is 199 g/mol. The van der Waals surface area contributed by atoms with E-state index < -0.39 is 11.6 Å². The smallest absolute Gasteiger partial charge is 0.135 e. The molecule has 0 N–H and O–H groups in total. The first-order valence-corrected chi connectivity index (χ1v) is 3.96. The minimum absolute atomic E-state index is 0.0663. The highest BCUT2D eigenvalue weighted by Gasteiger charge is 2.04. The van der Waals surface area contributed by atoms with E-state index in [-0.39, 0.29) is 10.5 Å². The van der Waals surface area contributed by atoms with Crippen LogP contribution in [-0.4, -0.2) is 4.98 Å². The first kappa shape index (κ1) is 8.38. The van der Waals surface area contributed by atoms with Crippen LogP contribution in [0, 0.1) is 11.6 Å². The van der Waals surface area contributed by atoms with E-state index in [0.717, 1.165) is 12.1 Å². The molecule has 0 atom stereocenters. The molecule has 0 bridgehead atoms. The van der Waals surface area contributed by atoms with E-state index in [2.05, 4.69) is 4.98 Å². The number of pyridine rings is 1. The van der Waals surface area contributed by atoms with Crippen molar-refractivity contribution in [3.63, 3.8) is 0 Å². The Labute approximate surface area is 78.0 Å². The van der Waals surface area contributed by atoms with Crippen LogP contribution in [0.25, 0.3) is 10.9 Å². The van der Waals surface area contributed by atoms with Gasteiger partial charge in [0.05, 0.1) is 5.52 Å². The van der Waals surface area contributed by atoms with Gasteiger partial charge in [-0.15, -0.1) is 0 Å². The van der Waals surface area contributed by atoms with Crippen LogP contribution in [0.15, 0.2) is 24.3 Å². The lowest BCUT2D eigenvalue weighted by molar-refractivity contribution is 0.621. The summed E-state index contributed by atoms with van der Waals surface area (Å²) in [5.74, 6) is -1.05. The SMILES string of the molecule is Fc1ccc2nc(Cl)cc(F)c2c1. The van der Waals surface area contributed by atoms with Gasteiger partial charge in [-0.2, -0.15) is 0 Å². The van der Waals surface area contributed by atoms with Crippen molar-refractivity contribution in [3.8, 4) is 0 Å². The van der Waals surface area contributed by atoms with E-state index in [1.165, 1.54) is 12.1 Å². The zero-order valence-electron chi connectivity index (χ0n) is 6.39. The van der Waals surface area contributed by atoms with Gasteiger partial charge >= 0.3 is 0 Å². The topological polar surface area (TPSA) is 12.9 Å². The lowest BCUT2D eigenvalue weighted by atomic mass is 10.2. The molecule has 0 saturated heterocycles. The highest BCUT2D eigenvalue weighted by Crippen LogP contribution is 2.20. The summed E-state index contributed by atoms with van der Waals surface area (Å²) in [6, 6.07) is 4.75. The van der Waals surface area contributed by atoms with Crippen LogP contribution >= 0.6 is 11.6 Å². The van der Waals surface area contributed by atoms with Gasteiger partial charge in [-0.3, -0.25) is 0 Å². The molecule has 0 saturated carbocycles. The number of nitrogens with zero attached hydrogens (tertiary/aromatic N) is 1. The molecule has 0 aliphatic carbocycles. The molecule has 0 amide bonds. The van der Waals surface area contributed by atoms with E-state index in [1.54, 1.807) is 0 Å². The third kappa shape index (κ3) is 1.47. The summed E-state index contributed by atoms with van der Waals surface area (Å²) in [6.07, 6.45) is 0. The molecule has 0 unspecified atom stereocenters. The van der Waals surface area contributed by atoms with Crippen molar-refractivity contribution in [3.05, 3.63) is 41.1 Å². The van der Waals surface area contributed by atoms with Crippen LogP contribution in [-0.2, 0) is 0 Å². The van der Waals surface area contributed by atoms with Gasteiger partial charge in [0.25, 0.3) is 0 Å². The van der Waals surface area contributed by atoms with Crippen molar-refractivity contribution < 1.29 is 8.78 Å². The Morgan fingerprint density at radius 2 is 1.92 bits per heavy atom. The van der Waals surface area contributed by atoms with Crippen LogP contribution < -0.4 is 0 Å². The Balaban J connectivity index is 2.87. The van der Waals surface area contributed by atoms with E-state index in [0.29, 0.717) is 5.52 Å². The van der Waals surface area contributed by atoms with Gasteiger partial charge in [0.1, 0.15) is 16.8 Å². The molecule has 0 aliphatic heterocycles. The molecule has 0 radical (unpaired) electrons. The van der Waals surface area contributed by atoms with E-state index in [1.807, 2.05) is 0 Å². The van der Waals surface area contributed by atoms with Gasteiger partial charge in [0.15, 0.2) is 0 Å². The fourth-order valence-corrected chi connectivity index (χ4v) is 1.31. The molecule has 4 heteroatoms. The Hall–Kier alpha value is -1.22. The Kier molecular flexibility index (Phi) is 1.88. The summed E-state index contributed by atoms with van der Waals surface area (Å²) in [5, 5.41) is 0.209. The molecule has 2 aromatic rings. The largest absolute Gasteiger partial charge is 0.236 e. The van der Waals surface area contributed by atoms with Crippen LogP contribution in [0.1, 0.15) is 0 Å². The highest BCUT2D eigenvalue weighted by atomic mass is 35.5. The van der Waals surface area contributed by atoms with Crippen molar-refractivity contribution >= 4 is 22.5 Å². The van der Waals surface area contributed by atoms with Crippen LogP contribution in [0.4, 0.5) is 8.78 Å². The summed E-state index contributed by atoms with van der Waals surface area (Å²) in [7, 11) is 0. The summed E-state index contributed by atoms with van der Waals surface area (Å²) in [5.41, 5.74) is 0.353. The van der Waals surface area contributed by atoms with Crippen molar-refractivity contribution in [2.75, 3.05) is 0 Å². The second-order valence-electron chi connectivity index (χ2n) is 2.59. The molecule has 0 fully saturated rings. The minimum Gasteiger partial charge on any atom is -0.236 e. The minimum atomic E-state index is -0.561. The zero-order chi connectivity index (χ0) is 9.42. The first-order chi connectivity index (χ1) is 6.16. The van der Waals surface area contributed by atoms with Gasteiger partial charge in [-0.25, -0.2) is 13.8 Å². The number of hydrogen-bond donors (Lipinski definition) is 0. The zero-order valence-corrected chi connectivity index (χ0v) is 7.15. The predicted molar refractivity (Wildman–Crippen MR) is 46.7 cm³/mol. The predicted octanol–water partition coefficient (Wildman–Crippen LogP) is 3.17. The normalized spacial score (nSPS) is 10.7. The number of aromatic nitrogens is 1. The van der Waals surface area contributed by atoms with Crippen molar-refractivity contribution in [1.82, 2.24) is 4.98 Å². The van der Waals surface area contributed by atoms with Gasteiger partial charge in [0, 0.05) is 11.5 Å². The standard InChI is InChI=1S/C9H4ClF2N/c10-9-4-7(12)6-3-5(11)1-2-8(6)13-9/h1-4H. The number of benzene rings is 1. The Morgan fingerprint density at radius 1 is 1.15 bits per heavy atom. The van der Waals surface area contributed by atoms with Gasteiger partial charge < -0.3 is 0 Å². The molecule has 1 aromatic carbocycles. The molecular formula is C9H4ClF2N. The average Bonchev–Trinajstić information content (AvgIpc) is 2.06. The number of halogens is 3. The molecule has 1 heterocycles. The molecule has 66 valence electrons. The average molecular weight is 200 g/mol. The maximum absolute atomic E-state index is 13.1. The van der Waals surface area contributed by atoms with Crippen LogP contribution in [0.2, 0.25) is 5.15 Å². The van der Waals surface area contributed by atoms with E-state index in [9.17, 15) is 8.78 Å². The van der Waals surface area contributed by atoms with Crippen LogP contribution in [0.3, 0.4) is 0 Å². The maximum atomic E-state index is 13.1. The molecule has 13 heavy (non-hydrogen) atoms. The lowest BCUT2D eigenvalue weighted by Crippen LogP contribution is -1.86. The summed E-state index contributed by atoms with van der Waals surface area (Å²) >= 11 is 5.52. The summed E-state index contributed by atoms with van der Waals surface area (Å²) < 4.78 is 25.8. The number of fused-ring (bicyclic) bond motifs is 1. The second kappa shape index (κ2) is 2.92. The van der Waals surface area contributed by atoms with Crippen molar-refractivity contribution in [2.24, 2.45) is 0 Å². The summed E-state index contributed by atoms with van der Waals surface area (Å²) in [4.78, 5) is 3.84. The molecule has 0 aliphatic rings. The molecule has 1 aromatic heterocycles. The molecule has 1 nitrogen and oxygen atoms in total. The van der Waals surface area contributed by atoms with Gasteiger partial charge in [0.2, 0.25) is 0 Å². The lowest BCUT2D eigenvalue weighted by Gasteiger charge is -1.99. The van der Waals surface area contributed by atoms with Gasteiger partial charge in [-0.05, 0) is 18.2 Å². The summed E-state index contributed by atoms with van der Waals surface area (Å²) in [6.45, 7) is 0. The fourth-order valence-electron chi connectivity index (χ4n) is 1.13. The second-order valence-corrected chi connectivity index (χ2v) is 2.98. The number of rotatable bonds is 0. The fraction of sp³-hybridized carbons (Fsp3) is 0.